The van der Waals surface area contributed by atoms with Crippen LogP contribution in [0.4, 0.5) is 11.4 Å². The van der Waals surface area contributed by atoms with Crippen molar-refractivity contribution >= 4 is 29.3 Å². The molecule has 0 saturated carbocycles. The number of carbonyl (C=O) groups excluding carboxylic acids is 2. The minimum absolute atomic E-state index is 0.0927. The summed E-state index contributed by atoms with van der Waals surface area (Å²) >= 11 is 0. The molecule has 6 heteroatoms. The summed E-state index contributed by atoms with van der Waals surface area (Å²) in [5, 5.41) is 0. The molecule has 1 aliphatic rings. The number of ether oxygens (including phenoxy) is 2. The Kier molecular flexibility index (Phi) is 6.68. The lowest BCUT2D eigenvalue weighted by atomic mass is 9.98. The maximum atomic E-state index is 14.0. The molecule has 1 saturated heterocycles. The first kappa shape index (κ1) is 23.1. The quantitative estimate of drug-likeness (QED) is 0.531. The van der Waals surface area contributed by atoms with Crippen molar-refractivity contribution < 1.29 is 19.1 Å². The molecule has 0 aliphatic carbocycles. The van der Waals surface area contributed by atoms with Crippen LogP contribution in [-0.2, 0) is 9.59 Å². The summed E-state index contributed by atoms with van der Waals surface area (Å²) in [6.45, 7) is 3.78. The largest absolute Gasteiger partial charge is 0.497 e. The third kappa shape index (κ3) is 4.53. The van der Waals surface area contributed by atoms with Gasteiger partial charge in [0.15, 0.2) is 0 Å². The maximum absolute atomic E-state index is 14.0. The molecule has 3 aromatic rings. The number of piperazine rings is 1. The van der Waals surface area contributed by atoms with Gasteiger partial charge >= 0.3 is 0 Å². The van der Waals surface area contributed by atoms with Gasteiger partial charge in [-0.25, -0.2) is 0 Å². The van der Waals surface area contributed by atoms with Crippen molar-refractivity contribution in [1.29, 1.82) is 0 Å². The minimum atomic E-state index is -0.795. The van der Waals surface area contributed by atoms with Crippen LogP contribution >= 0.6 is 0 Å². The van der Waals surface area contributed by atoms with E-state index in [-0.39, 0.29) is 18.4 Å². The van der Waals surface area contributed by atoms with Gasteiger partial charge in [0.1, 0.15) is 24.1 Å². The van der Waals surface area contributed by atoms with Gasteiger partial charge in [0.2, 0.25) is 5.91 Å². The molecule has 1 heterocycles. The van der Waals surface area contributed by atoms with Crippen LogP contribution in [0.25, 0.3) is 6.08 Å². The summed E-state index contributed by atoms with van der Waals surface area (Å²) in [5.74, 6) is 0.697. The van der Waals surface area contributed by atoms with Crippen LogP contribution in [0.15, 0.2) is 78.4 Å². The molecule has 6 nitrogen and oxygen atoms in total. The van der Waals surface area contributed by atoms with Gasteiger partial charge in [-0.3, -0.25) is 19.4 Å². The SMILES string of the molecule is COc1ccc(N2CC(=O)N(c3ccc(C)cc3)[C@H](/C(C)=C\c3ccccc3)C2=O)c(OC)c1. The Morgan fingerprint density at radius 1 is 0.941 bits per heavy atom. The number of hydrogen-bond acceptors (Lipinski definition) is 4. The summed E-state index contributed by atoms with van der Waals surface area (Å²) in [7, 11) is 3.10. The second-order valence-electron chi connectivity index (χ2n) is 8.26. The maximum Gasteiger partial charge on any atom is 0.255 e. The number of nitrogens with zero attached hydrogens (tertiary/aromatic N) is 2. The Bertz CT molecular complexity index is 1220. The molecule has 1 aliphatic heterocycles. The molecule has 0 N–H and O–H groups in total. The monoisotopic (exact) mass is 456 g/mol. The van der Waals surface area contributed by atoms with E-state index >= 15 is 0 Å². The predicted octanol–water partition coefficient (Wildman–Crippen LogP) is 4.86. The minimum Gasteiger partial charge on any atom is -0.497 e. The van der Waals surface area contributed by atoms with Gasteiger partial charge in [0.25, 0.3) is 5.91 Å². The second-order valence-corrected chi connectivity index (χ2v) is 8.26. The second kappa shape index (κ2) is 9.83. The Morgan fingerprint density at radius 2 is 1.65 bits per heavy atom. The van der Waals surface area contributed by atoms with E-state index < -0.39 is 6.04 Å². The van der Waals surface area contributed by atoms with E-state index in [2.05, 4.69) is 0 Å². The Morgan fingerprint density at radius 3 is 2.29 bits per heavy atom. The van der Waals surface area contributed by atoms with Crippen molar-refractivity contribution in [2.45, 2.75) is 19.9 Å². The van der Waals surface area contributed by atoms with Crippen molar-refractivity contribution in [3.8, 4) is 11.5 Å². The summed E-state index contributed by atoms with van der Waals surface area (Å²) < 4.78 is 10.8. The third-order valence-corrected chi connectivity index (χ3v) is 5.94. The van der Waals surface area contributed by atoms with Gasteiger partial charge in [-0.2, -0.15) is 0 Å². The summed E-state index contributed by atoms with van der Waals surface area (Å²) in [5.41, 5.74) is 4.03. The zero-order chi connectivity index (χ0) is 24.2. The zero-order valence-corrected chi connectivity index (χ0v) is 19.8. The molecule has 4 rings (SSSR count). The number of aryl methyl sites for hydroxylation is 1. The topological polar surface area (TPSA) is 59.1 Å². The lowest BCUT2D eigenvalue weighted by molar-refractivity contribution is -0.127. The van der Waals surface area contributed by atoms with E-state index in [1.165, 1.54) is 12.0 Å². The fourth-order valence-electron chi connectivity index (χ4n) is 4.19. The molecule has 1 atom stereocenters. The molecule has 1 fully saturated rings. The summed E-state index contributed by atoms with van der Waals surface area (Å²) in [6, 6.07) is 21.8. The summed E-state index contributed by atoms with van der Waals surface area (Å²) in [4.78, 5) is 30.6. The first-order valence-electron chi connectivity index (χ1n) is 11.1. The van der Waals surface area contributed by atoms with Crippen LogP contribution in [0.3, 0.4) is 0 Å². The fourth-order valence-corrected chi connectivity index (χ4v) is 4.19. The van der Waals surface area contributed by atoms with Crippen molar-refractivity contribution in [3.63, 3.8) is 0 Å². The van der Waals surface area contributed by atoms with E-state index in [9.17, 15) is 9.59 Å². The van der Waals surface area contributed by atoms with Crippen molar-refractivity contribution in [1.82, 2.24) is 0 Å². The Labute approximate surface area is 200 Å². The lowest BCUT2D eigenvalue weighted by Crippen LogP contribution is -2.61. The van der Waals surface area contributed by atoms with Crippen LogP contribution in [0.1, 0.15) is 18.1 Å². The van der Waals surface area contributed by atoms with E-state index in [1.54, 1.807) is 30.2 Å². The number of rotatable bonds is 6. The summed E-state index contributed by atoms with van der Waals surface area (Å²) in [6.07, 6.45) is 1.95. The molecular formula is C28H28N2O4. The van der Waals surface area contributed by atoms with Crippen LogP contribution in [0.5, 0.6) is 11.5 Å². The number of anilines is 2. The number of hydrogen-bond donors (Lipinski definition) is 0. The van der Waals surface area contributed by atoms with Gasteiger partial charge in [0.05, 0.1) is 19.9 Å². The highest BCUT2D eigenvalue weighted by atomic mass is 16.5. The first-order chi connectivity index (χ1) is 16.4. The van der Waals surface area contributed by atoms with Gasteiger partial charge in [-0.1, -0.05) is 54.1 Å². The molecular weight excluding hydrogens is 428 g/mol. The van der Waals surface area contributed by atoms with Gasteiger partial charge in [0, 0.05) is 11.8 Å². The van der Waals surface area contributed by atoms with Gasteiger partial charge in [-0.05, 0) is 49.2 Å². The molecule has 2 amide bonds. The van der Waals surface area contributed by atoms with Crippen molar-refractivity contribution in [3.05, 3.63) is 89.5 Å². The normalized spacial score (nSPS) is 16.6. The van der Waals surface area contributed by atoms with Gasteiger partial charge < -0.3 is 9.47 Å². The molecule has 0 aromatic heterocycles. The third-order valence-electron chi connectivity index (χ3n) is 5.94. The Hall–Kier alpha value is -4.06. The highest BCUT2D eigenvalue weighted by Gasteiger charge is 2.42. The van der Waals surface area contributed by atoms with Gasteiger partial charge in [-0.15, -0.1) is 0 Å². The Balaban J connectivity index is 1.81. The van der Waals surface area contributed by atoms with E-state index in [4.69, 9.17) is 9.47 Å². The highest BCUT2D eigenvalue weighted by Crippen LogP contribution is 2.36. The predicted molar refractivity (Wildman–Crippen MR) is 134 cm³/mol. The average Bonchev–Trinajstić information content (AvgIpc) is 2.85. The molecule has 0 spiro atoms. The van der Waals surface area contributed by atoms with Crippen LogP contribution in [0.2, 0.25) is 0 Å². The zero-order valence-electron chi connectivity index (χ0n) is 19.8. The molecule has 34 heavy (non-hydrogen) atoms. The van der Waals surface area contributed by atoms with Crippen molar-refractivity contribution in [2.75, 3.05) is 30.6 Å². The lowest BCUT2D eigenvalue weighted by Gasteiger charge is -2.41. The molecule has 3 aromatic carbocycles. The number of benzene rings is 3. The first-order valence-corrected chi connectivity index (χ1v) is 11.1. The van der Waals surface area contributed by atoms with E-state index in [0.29, 0.717) is 22.9 Å². The van der Waals surface area contributed by atoms with Crippen LogP contribution in [-0.4, -0.2) is 38.6 Å². The molecule has 0 radical (unpaired) electrons. The standard InChI is InChI=1S/C28H28N2O4/c1-19-10-12-22(13-11-19)30-26(31)18-29(24-15-14-23(33-3)17-25(24)34-4)28(32)27(30)20(2)16-21-8-6-5-7-9-21/h5-17,27H,18H2,1-4H3/b20-16-/t27-/m1/s1. The average molecular weight is 457 g/mol. The number of carbonyl (C=O) groups is 2. The van der Waals surface area contributed by atoms with Crippen LogP contribution < -0.4 is 19.3 Å². The number of amides is 2. The molecule has 174 valence electrons. The molecule has 0 unspecified atom stereocenters. The fraction of sp³-hybridized carbons (Fsp3) is 0.214. The smallest absolute Gasteiger partial charge is 0.255 e. The highest BCUT2D eigenvalue weighted by molar-refractivity contribution is 6.16. The van der Waals surface area contributed by atoms with Crippen LogP contribution in [0, 0.1) is 6.92 Å². The van der Waals surface area contributed by atoms with E-state index in [1.807, 2.05) is 74.5 Å². The number of methoxy groups -OCH3 is 2. The van der Waals surface area contributed by atoms with E-state index in [0.717, 1.165) is 16.7 Å². The molecule has 0 bridgehead atoms. The van der Waals surface area contributed by atoms with Crippen molar-refractivity contribution in [2.24, 2.45) is 0 Å².